The number of fused-ring (bicyclic) bond motifs is 1. The summed E-state index contributed by atoms with van der Waals surface area (Å²) in [5.74, 6) is 1.07. The molecule has 1 aromatic heterocycles. The average molecular weight is 347 g/mol. The van der Waals surface area contributed by atoms with E-state index in [1.165, 1.54) is 6.07 Å². The Hall–Kier alpha value is -2.41. The van der Waals surface area contributed by atoms with E-state index in [-0.39, 0.29) is 18.0 Å². The van der Waals surface area contributed by atoms with Gasteiger partial charge in [0, 0.05) is 5.92 Å². The SMILES string of the molecule is FC(F)(F)[C@H](NCc1nc(C2CC2)no1)c1cccc2ccccc12. The molecular weight excluding hydrogens is 331 g/mol. The van der Waals surface area contributed by atoms with Crippen LogP contribution >= 0.6 is 0 Å². The lowest BCUT2D eigenvalue weighted by Gasteiger charge is -2.22. The number of nitrogens with one attached hydrogen (secondary N) is 1. The molecule has 1 N–H and O–H groups in total. The number of nitrogens with zero attached hydrogens (tertiary/aromatic N) is 2. The Morgan fingerprint density at radius 2 is 1.88 bits per heavy atom. The fourth-order valence-electron chi connectivity index (χ4n) is 2.94. The summed E-state index contributed by atoms with van der Waals surface area (Å²) in [6.07, 6.45) is -2.43. The number of hydrogen-bond acceptors (Lipinski definition) is 4. The molecule has 1 aliphatic rings. The monoisotopic (exact) mass is 347 g/mol. The maximum atomic E-state index is 13.7. The van der Waals surface area contributed by atoms with Crippen molar-refractivity contribution in [2.75, 3.05) is 0 Å². The largest absolute Gasteiger partial charge is 0.407 e. The lowest BCUT2D eigenvalue weighted by atomic mass is 9.98. The van der Waals surface area contributed by atoms with Crippen molar-refractivity contribution in [3.05, 3.63) is 59.7 Å². The summed E-state index contributed by atoms with van der Waals surface area (Å²) in [5, 5.41) is 7.71. The van der Waals surface area contributed by atoms with Gasteiger partial charge in [-0.1, -0.05) is 47.6 Å². The second-order valence-corrected chi connectivity index (χ2v) is 6.24. The Morgan fingerprint density at radius 3 is 2.64 bits per heavy atom. The number of benzene rings is 2. The Labute approximate surface area is 142 Å². The Bertz CT molecular complexity index is 881. The summed E-state index contributed by atoms with van der Waals surface area (Å²) < 4.78 is 46.0. The smallest absolute Gasteiger partial charge is 0.338 e. The van der Waals surface area contributed by atoms with E-state index in [0.717, 1.165) is 18.2 Å². The molecule has 0 spiro atoms. The molecule has 1 saturated carbocycles. The molecule has 1 heterocycles. The fourth-order valence-corrected chi connectivity index (χ4v) is 2.94. The predicted octanol–water partition coefficient (Wildman–Crippen LogP) is 4.49. The zero-order valence-corrected chi connectivity index (χ0v) is 13.3. The summed E-state index contributed by atoms with van der Waals surface area (Å²) in [4.78, 5) is 4.17. The van der Waals surface area contributed by atoms with Gasteiger partial charge in [0.1, 0.15) is 6.04 Å². The van der Waals surface area contributed by atoms with Crippen LogP contribution in [0.25, 0.3) is 10.8 Å². The van der Waals surface area contributed by atoms with Crippen molar-refractivity contribution < 1.29 is 17.7 Å². The van der Waals surface area contributed by atoms with Gasteiger partial charge in [0.25, 0.3) is 0 Å². The molecule has 0 radical (unpaired) electrons. The number of hydrogen-bond donors (Lipinski definition) is 1. The van der Waals surface area contributed by atoms with E-state index in [1.807, 2.05) is 0 Å². The van der Waals surface area contributed by atoms with Crippen LogP contribution < -0.4 is 5.32 Å². The summed E-state index contributed by atoms with van der Waals surface area (Å²) in [5.41, 5.74) is 0.188. The second kappa shape index (κ2) is 6.15. The molecular formula is C18H16F3N3O. The first-order valence-corrected chi connectivity index (χ1v) is 8.12. The molecule has 2 aromatic carbocycles. The zero-order valence-electron chi connectivity index (χ0n) is 13.3. The highest BCUT2D eigenvalue weighted by atomic mass is 19.4. The Kier molecular flexibility index (Phi) is 3.95. The van der Waals surface area contributed by atoms with Crippen molar-refractivity contribution in [2.45, 2.75) is 37.5 Å². The van der Waals surface area contributed by atoms with E-state index in [1.54, 1.807) is 36.4 Å². The van der Waals surface area contributed by atoms with Gasteiger partial charge in [0.05, 0.1) is 6.54 Å². The highest BCUT2D eigenvalue weighted by Crippen LogP contribution is 2.38. The van der Waals surface area contributed by atoms with Gasteiger partial charge >= 0.3 is 6.18 Å². The molecule has 130 valence electrons. The van der Waals surface area contributed by atoms with E-state index >= 15 is 0 Å². The number of halogens is 3. The maximum absolute atomic E-state index is 13.7. The van der Waals surface area contributed by atoms with Crippen LogP contribution in [0, 0.1) is 0 Å². The van der Waals surface area contributed by atoms with Crippen molar-refractivity contribution >= 4 is 10.8 Å². The Balaban J connectivity index is 1.61. The minimum absolute atomic E-state index is 0.132. The molecule has 0 bridgehead atoms. The van der Waals surface area contributed by atoms with Crippen LogP contribution in [0.1, 0.15) is 42.1 Å². The molecule has 25 heavy (non-hydrogen) atoms. The van der Waals surface area contributed by atoms with Crippen molar-refractivity contribution in [3.63, 3.8) is 0 Å². The normalized spacial score (nSPS) is 16.3. The van der Waals surface area contributed by atoms with Gasteiger partial charge in [-0.25, -0.2) is 0 Å². The van der Waals surface area contributed by atoms with Gasteiger partial charge in [-0.3, -0.25) is 5.32 Å². The highest BCUT2D eigenvalue weighted by Gasteiger charge is 2.41. The van der Waals surface area contributed by atoms with Gasteiger partial charge in [0.15, 0.2) is 5.82 Å². The fraction of sp³-hybridized carbons (Fsp3) is 0.333. The van der Waals surface area contributed by atoms with E-state index < -0.39 is 12.2 Å². The summed E-state index contributed by atoms with van der Waals surface area (Å²) >= 11 is 0. The first kappa shape index (κ1) is 16.1. The molecule has 1 atom stereocenters. The van der Waals surface area contributed by atoms with Crippen molar-refractivity contribution in [1.82, 2.24) is 15.5 Å². The molecule has 7 heteroatoms. The molecule has 0 unspecified atom stereocenters. The van der Waals surface area contributed by atoms with Crippen LogP contribution in [0.4, 0.5) is 13.2 Å². The minimum atomic E-state index is -4.44. The van der Waals surface area contributed by atoms with Gasteiger partial charge in [-0.15, -0.1) is 0 Å². The maximum Gasteiger partial charge on any atom is 0.407 e. The van der Waals surface area contributed by atoms with E-state index in [4.69, 9.17) is 4.52 Å². The van der Waals surface area contributed by atoms with Crippen LogP contribution in [0.15, 0.2) is 47.0 Å². The lowest BCUT2D eigenvalue weighted by molar-refractivity contribution is -0.158. The molecule has 1 aliphatic carbocycles. The summed E-state index contributed by atoms with van der Waals surface area (Å²) in [6.45, 7) is -0.132. The number of aromatic nitrogens is 2. The molecule has 0 saturated heterocycles. The molecule has 0 amide bonds. The van der Waals surface area contributed by atoms with Crippen molar-refractivity contribution in [3.8, 4) is 0 Å². The molecule has 0 aliphatic heterocycles. The van der Waals surface area contributed by atoms with Crippen LogP contribution in [-0.2, 0) is 6.54 Å². The zero-order chi connectivity index (χ0) is 17.4. The van der Waals surface area contributed by atoms with E-state index in [0.29, 0.717) is 17.1 Å². The van der Waals surface area contributed by atoms with Gasteiger partial charge < -0.3 is 4.52 Å². The average Bonchev–Trinajstić information content (AvgIpc) is 3.33. The summed E-state index contributed by atoms with van der Waals surface area (Å²) in [7, 11) is 0. The number of rotatable bonds is 5. The van der Waals surface area contributed by atoms with E-state index in [9.17, 15) is 13.2 Å². The quantitative estimate of drug-likeness (QED) is 0.739. The number of alkyl halides is 3. The third-order valence-electron chi connectivity index (χ3n) is 4.35. The van der Waals surface area contributed by atoms with Crippen LogP contribution in [0.3, 0.4) is 0 Å². The van der Waals surface area contributed by atoms with E-state index in [2.05, 4.69) is 15.5 Å². The van der Waals surface area contributed by atoms with Crippen LogP contribution in [0.2, 0.25) is 0 Å². The molecule has 1 fully saturated rings. The third kappa shape index (κ3) is 3.37. The van der Waals surface area contributed by atoms with Crippen LogP contribution in [-0.4, -0.2) is 16.3 Å². The van der Waals surface area contributed by atoms with Gasteiger partial charge in [-0.2, -0.15) is 18.2 Å². The molecule has 3 aromatic rings. The van der Waals surface area contributed by atoms with Crippen LogP contribution in [0.5, 0.6) is 0 Å². The predicted molar refractivity (Wildman–Crippen MR) is 85.9 cm³/mol. The second-order valence-electron chi connectivity index (χ2n) is 6.24. The molecule has 4 nitrogen and oxygen atoms in total. The summed E-state index contributed by atoms with van der Waals surface area (Å²) in [6, 6.07) is 10.2. The van der Waals surface area contributed by atoms with Gasteiger partial charge in [-0.05, 0) is 29.2 Å². The Morgan fingerprint density at radius 1 is 1.12 bits per heavy atom. The molecule has 4 rings (SSSR count). The standard InChI is InChI=1S/C18H16F3N3O/c19-18(20,21)16(14-7-3-5-11-4-1-2-6-13(11)14)22-10-15-23-17(24-25-15)12-8-9-12/h1-7,12,16,22H,8-10H2/t16-/m1/s1. The first-order chi connectivity index (χ1) is 12.0. The van der Waals surface area contributed by atoms with Crippen molar-refractivity contribution in [2.24, 2.45) is 0 Å². The third-order valence-corrected chi connectivity index (χ3v) is 4.35. The minimum Gasteiger partial charge on any atom is -0.338 e. The lowest BCUT2D eigenvalue weighted by Crippen LogP contribution is -2.34. The van der Waals surface area contributed by atoms with Crippen molar-refractivity contribution in [1.29, 1.82) is 0 Å². The topological polar surface area (TPSA) is 51.0 Å². The first-order valence-electron chi connectivity index (χ1n) is 8.12. The van der Waals surface area contributed by atoms with Gasteiger partial charge in [0.2, 0.25) is 5.89 Å². The highest BCUT2D eigenvalue weighted by molar-refractivity contribution is 5.86.